The third-order valence-corrected chi connectivity index (χ3v) is 6.76. The molecule has 1 unspecified atom stereocenters. The van der Waals surface area contributed by atoms with E-state index in [1.165, 1.54) is 0 Å². The van der Waals surface area contributed by atoms with Gasteiger partial charge in [0.1, 0.15) is 0 Å². The third-order valence-electron chi connectivity index (χ3n) is 6.76. The predicted molar refractivity (Wildman–Crippen MR) is 109 cm³/mol. The summed E-state index contributed by atoms with van der Waals surface area (Å²) in [6.07, 6.45) is 6.30. The highest BCUT2D eigenvalue weighted by Crippen LogP contribution is 2.32. The first-order valence-electron chi connectivity index (χ1n) is 11.0. The number of carbonyl (C=O) groups excluding carboxylic acids is 1. The Kier molecular flexibility index (Phi) is 7.40. The number of nitrogens with zero attached hydrogens (tertiary/aromatic N) is 2. The largest absolute Gasteiger partial charge is 0.381 e. The van der Waals surface area contributed by atoms with Crippen molar-refractivity contribution in [3.63, 3.8) is 0 Å². The second-order valence-corrected chi connectivity index (χ2v) is 9.85. The molecule has 28 heavy (non-hydrogen) atoms. The molecule has 0 bridgehead atoms. The number of piperidine rings is 1. The minimum atomic E-state index is -0.307. The molecule has 2 saturated heterocycles. The van der Waals surface area contributed by atoms with Gasteiger partial charge in [-0.1, -0.05) is 20.8 Å². The number of rotatable bonds is 9. The van der Waals surface area contributed by atoms with Crippen molar-refractivity contribution < 1.29 is 19.0 Å². The zero-order chi connectivity index (χ0) is 20.3. The van der Waals surface area contributed by atoms with Crippen LogP contribution in [0.3, 0.4) is 0 Å². The van der Waals surface area contributed by atoms with Gasteiger partial charge in [0.2, 0.25) is 5.91 Å². The van der Waals surface area contributed by atoms with E-state index in [2.05, 4.69) is 30.6 Å². The van der Waals surface area contributed by atoms with Gasteiger partial charge in [-0.05, 0) is 38.0 Å². The molecule has 2 aliphatic heterocycles. The molecule has 1 aliphatic carbocycles. The highest BCUT2D eigenvalue weighted by molar-refractivity contribution is 5.82. The Morgan fingerprint density at radius 1 is 1.00 bits per heavy atom. The van der Waals surface area contributed by atoms with E-state index >= 15 is 0 Å². The van der Waals surface area contributed by atoms with Crippen molar-refractivity contribution in [2.24, 2.45) is 11.3 Å². The van der Waals surface area contributed by atoms with Crippen LogP contribution in [0.1, 0.15) is 52.9 Å². The lowest BCUT2D eigenvalue weighted by atomic mass is 9.81. The summed E-state index contributed by atoms with van der Waals surface area (Å²) in [7, 11) is 3.55. The summed E-state index contributed by atoms with van der Waals surface area (Å²) in [6.45, 7) is 11.2. The Morgan fingerprint density at radius 3 is 2.18 bits per heavy atom. The first-order chi connectivity index (χ1) is 13.3. The maximum Gasteiger partial charge on any atom is 0.228 e. The standard InChI is InChI=1S/C22H40N2O4/c1-16(13-23-14-20(15-23)27-5)12-22(2,3)21(25)24-8-6-17(7-9-24)28-19-10-18(11-19)26-4/h16-20H,6-15H2,1-5H3. The van der Waals surface area contributed by atoms with Gasteiger partial charge >= 0.3 is 0 Å². The van der Waals surface area contributed by atoms with Crippen LogP contribution in [0.25, 0.3) is 0 Å². The Bertz CT molecular complexity index is 507. The number of carbonyl (C=O) groups is 1. The summed E-state index contributed by atoms with van der Waals surface area (Å²) in [6, 6.07) is 0. The normalized spacial score (nSPS) is 28.7. The molecular weight excluding hydrogens is 356 g/mol. The molecule has 0 aromatic rings. The quantitative estimate of drug-likeness (QED) is 0.600. The molecule has 3 rings (SSSR count). The summed E-state index contributed by atoms with van der Waals surface area (Å²) in [4.78, 5) is 17.6. The van der Waals surface area contributed by atoms with Crippen LogP contribution in [0.5, 0.6) is 0 Å². The van der Waals surface area contributed by atoms with E-state index in [0.29, 0.717) is 36.2 Å². The second-order valence-electron chi connectivity index (χ2n) is 9.85. The molecule has 0 aromatic heterocycles. The molecule has 1 atom stereocenters. The first-order valence-corrected chi connectivity index (χ1v) is 11.0. The predicted octanol–water partition coefficient (Wildman–Crippen LogP) is 2.55. The minimum Gasteiger partial charge on any atom is -0.381 e. The molecule has 3 aliphatic rings. The molecular formula is C22H40N2O4. The fourth-order valence-electron chi connectivity index (χ4n) is 5.00. The summed E-state index contributed by atoms with van der Waals surface area (Å²) in [5.41, 5.74) is -0.307. The number of hydrogen-bond donors (Lipinski definition) is 0. The van der Waals surface area contributed by atoms with Gasteiger partial charge in [-0.25, -0.2) is 0 Å². The number of methoxy groups -OCH3 is 2. The van der Waals surface area contributed by atoms with E-state index in [1.807, 2.05) is 0 Å². The van der Waals surface area contributed by atoms with Crippen molar-refractivity contribution in [1.82, 2.24) is 9.80 Å². The topological polar surface area (TPSA) is 51.2 Å². The van der Waals surface area contributed by atoms with Crippen LogP contribution >= 0.6 is 0 Å². The van der Waals surface area contributed by atoms with Crippen molar-refractivity contribution in [3.8, 4) is 0 Å². The fraction of sp³-hybridized carbons (Fsp3) is 0.955. The molecule has 0 radical (unpaired) electrons. The summed E-state index contributed by atoms with van der Waals surface area (Å²) >= 11 is 0. The average molecular weight is 397 g/mol. The van der Waals surface area contributed by atoms with Crippen molar-refractivity contribution in [1.29, 1.82) is 0 Å². The summed E-state index contributed by atoms with van der Waals surface area (Å²) < 4.78 is 16.9. The molecule has 6 heteroatoms. The summed E-state index contributed by atoms with van der Waals surface area (Å²) in [5, 5.41) is 0. The Hall–Kier alpha value is -0.690. The monoisotopic (exact) mass is 396 g/mol. The second kappa shape index (κ2) is 9.41. The van der Waals surface area contributed by atoms with Crippen molar-refractivity contribution >= 4 is 5.91 Å². The molecule has 1 saturated carbocycles. The van der Waals surface area contributed by atoms with E-state index in [4.69, 9.17) is 14.2 Å². The molecule has 1 amide bonds. The Labute approximate surface area is 170 Å². The molecule has 162 valence electrons. The number of hydrogen-bond acceptors (Lipinski definition) is 5. The van der Waals surface area contributed by atoms with Crippen LogP contribution in [0.2, 0.25) is 0 Å². The fourth-order valence-corrected chi connectivity index (χ4v) is 5.00. The maximum atomic E-state index is 13.1. The van der Waals surface area contributed by atoms with Gasteiger partial charge in [-0.15, -0.1) is 0 Å². The minimum absolute atomic E-state index is 0.300. The van der Waals surface area contributed by atoms with Gasteiger partial charge in [-0.2, -0.15) is 0 Å². The van der Waals surface area contributed by atoms with Gasteiger partial charge in [0.05, 0.1) is 24.4 Å². The van der Waals surface area contributed by atoms with Crippen LogP contribution in [-0.4, -0.2) is 87.1 Å². The van der Waals surface area contributed by atoms with Gasteiger partial charge in [0.15, 0.2) is 0 Å². The van der Waals surface area contributed by atoms with Crippen LogP contribution < -0.4 is 0 Å². The van der Waals surface area contributed by atoms with E-state index in [-0.39, 0.29) is 5.41 Å². The van der Waals surface area contributed by atoms with E-state index < -0.39 is 0 Å². The Morgan fingerprint density at radius 2 is 1.61 bits per heavy atom. The molecule has 0 N–H and O–H groups in total. The van der Waals surface area contributed by atoms with Crippen molar-refractivity contribution in [3.05, 3.63) is 0 Å². The highest BCUT2D eigenvalue weighted by Gasteiger charge is 2.38. The lowest BCUT2D eigenvalue weighted by Crippen LogP contribution is -2.53. The zero-order valence-electron chi connectivity index (χ0n) is 18.5. The van der Waals surface area contributed by atoms with E-state index in [0.717, 1.165) is 64.8 Å². The van der Waals surface area contributed by atoms with E-state index in [1.54, 1.807) is 14.2 Å². The van der Waals surface area contributed by atoms with Gasteiger partial charge in [0, 0.05) is 52.4 Å². The van der Waals surface area contributed by atoms with Crippen LogP contribution in [0, 0.1) is 11.3 Å². The van der Waals surface area contributed by atoms with Gasteiger partial charge in [0.25, 0.3) is 0 Å². The van der Waals surface area contributed by atoms with Crippen molar-refractivity contribution in [2.75, 3.05) is 46.9 Å². The zero-order valence-corrected chi connectivity index (χ0v) is 18.5. The number of ether oxygens (including phenoxy) is 3. The number of likely N-dealkylation sites (tertiary alicyclic amines) is 2. The van der Waals surface area contributed by atoms with Crippen LogP contribution in [0.4, 0.5) is 0 Å². The molecule has 0 aromatic carbocycles. The molecule has 6 nitrogen and oxygen atoms in total. The Balaban J connectivity index is 1.37. The SMILES string of the molecule is COC1CC(OC2CCN(C(=O)C(C)(C)CC(C)CN3CC(OC)C3)CC2)C1. The smallest absolute Gasteiger partial charge is 0.228 e. The third kappa shape index (κ3) is 5.47. The van der Waals surface area contributed by atoms with Crippen molar-refractivity contribution in [2.45, 2.75) is 77.3 Å². The first kappa shape index (κ1) is 22.0. The van der Waals surface area contributed by atoms with E-state index in [9.17, 15) is 4.79 Å². The lowest BCUT2D eigenvalue weighted by molar-refractivity contribution is -0.149. The molecule has 3 fully saturated rings. The van der Waals surface area contributed by atoms with Crippen LogP contribution in [0.15, 0.2) is 0 Å². The summed E-state index contributed by atoms with van der Waals surface area (Å²) in [5.74, 6) is 0.809. The maximum absolute atomic E-state index is 13.1. The highest BCUT2D eigenvalue weighted by atomic mass is 16.5. The van der Waals surface area contributed by atoms with Gasteiger partial charge < -0.3 is 19.1 Å². The average Bonchev–Trinajstić information content (AvgIpc) is 2.59. The molecule has 0 spiro atoms. The van der Waals surface area contributed by atoms with Gasteiger partial charge in [-0.3, -0.25) is 9.69 Å². The lowest BCUT2D eigenvalue weighted by Gasteiger charge is -2.42. The molecule has 2 heterocycles. The van der Waals surface area contributed by atoms with Crippen LogP contribution in [-0.2, 0) is 19.0 Å². The number of amides is 1.